The van der Waals surface area contributed by atoms with Crippen molar-refractivity contribution in [1.29, 1.82) is 0 Å². The first-order valence-electron chi connectivity index (χ1n) is 8.90. The molecule has 3 aromatic rings. The van der Waals surface area contributed by atoms with Gasteiger partial charge in [0.2, 0.25) is 0 Å². The summed E-state index contributed by atoms with van der Waals surface area (Å²) >= 11 is 5.30. The quantitative estimate of drug-likeness (QED) is 0.405. The molecule has 0 bridgehead atoms. The molecule has 0 spiro atoms. The van der Waals surface area contributed by atoms with E-state index in [1.807, 2.05) is 63.4 Å². The lowest BCUT2D eigenvalue weighted by molar-refractivity contribution is 0.630. The molecule has 0 amide bonds. The van der Waals surface area contributed by atoms with Crippen LogP contribution in [0.1, 0.15) is 22.4 Å². The van der Waals surface area contributed by atoms with Crippen LogP contribution in [0.15, 0.2) is 58.4 Å². The van der Waals surface area contributed by atoms with Crippen LogP contribution in [0.5, 0.6) is 0 Å². The average Bonchev–Trinajstić information content (AvgIpc) is 2.87. The molecule has 0 saturated heterocycles. The molecule has 0 saturated carbocycles. The Morgan fingerprint density at radius 3 is 2.50 bits per heavy atom. The largest absolute Gasteiger partial charge is 0.325 e. The smallest absolute Gasteiger partial charge is 0.295 e. The Bertz CT molecular complexity index is 1100. The minimum absolute atomic E-state index is 0.172. The maximum atomic E-state index is 12.9. The van der Waals surface area contributed by atoms with Crippen LogP contribution in [0.4, 0.5) is 5.69 Å². The van der Waals surface area contributed by atoms with Crippen LogP contribution >= 0.6 is 12.2 Å². The van der Waals surface area contributed by atoms with Crippen LogP contribution in [0.25, 0.3) is 5.69 Å². The number of hydrazone groups is 1. The van der Waals surface area contributed by atoms with Crippen molar-refractivity contribution in [3.05, 3.63) is 81.3 Å². The maximum Gasteiger partial charge on any atom is 0.295 e. The molecule has 6 nitrogen and oxygen atoms in total. The standard InChI is InChI=1S/C21H23N5OS/c1-14-10-11-17(15(2)12-14)13-22-24-21(28)23-19-16(3)25(4)26(20(19)27)18-8-6-5-7-9-18/h5-13H,1-4H3,(H2,23,24,28)/b22-13-. The molecule has 0 aliphatic heterocycles. The zero-order chi connectivity index (χ0) is 20.3. The van der Waals surface area contributed by atoms with Gasteiger partial charge in [0.15, 0.2) is 5.11 Å². The molecule has 0 aliphatic rings. The fraction of sp³-hybridized carbons (Fsp3) is 0.190. The second-order valence-electron chi connectivity index (χ2n) is 6.62. The zero-order valence-corrected chi connectivity index (χ0v) is 17.2. The molecule has 0 fully saturated rings. The zero-order valence-electron chi connectivity index (χ0n) is 16.4. The van der Waals surface area contributed by atoms with E-state index in [9.17, 15) is 4.79 Å². The van der Waals surface area contributed by atoms with E-state index in [2.05, 4.69) is 28.8 Å². The molecule has 1 heterocycles. The van der Waals surface area contributed by atoms with Gasteiger partial charge in [-0.05, 0) is 56.2 Å². The van der Waals surface area contributed by atoms with Gasteiger partial charge < -0.3 is 5.32 Å². The molecule has 2 N–H and O–H groups in total. The van der Waals surface area contributed by atoms with Crippen molar-refractivity contribution in [2.45, 2.75) is 20.8 Å². The van der Waals surface area contributed by atoms with E-state index in [1.165, 1.54) is 5.56 Å². The molecule has 0 atom stereocenters. The van der Waals surface area contributed by atoms with Crippen LogP contribution in [0.3, 0.4) is 0 Å². The Kier molecular flexibility index (Phi) is 5.75. The SMILES string of the molecule is Cc1ccc(/C=N\NC(=S)Nc2c(C)n(C)n(-c3ccccc3)c2=O)c(C)c1. The predicted octanol–water partition coefficient (Wildman–Crippen LogP) is 3.42. The van der Waals surface area contributed by atoms with Crippen LogP contribution in [0, 0.1) is 20.8 Å². The van der Waals surface area contributed by atoms with Gasteiger partial charge in [-0.15, -0.1) is 0 Å². The molecule has 0 aliphatic carbocycles. The number of thiocarbonyl (C=S) groups is 1. The van der Waals surface area contributed by atoms with E-state index in [1.54, 1.807) is 15.6 Å². The van der Waals surface area contributed by atoms with Crippen LogP contribution in [-0.4, -0.2) is 20.7 Å². The highest BCUT2D eigenvalue weighted by molar-refractivity contribution is 7.80. The van der Waals surface area contributed by atoms with Crippen LogP contribution in [0.2, 0.25) is 0 Å². The van der Waals surface area contributed by atoms with Crippen molar-refractivity contribution in [2.75, 3.05) is 5.32 Å². The van der Waals surface area contributed by atoms with E-state index in [0.29, 0.717) is 5.69 Å². The van der Waals surface area contributed by atoms with Gasteiger partial charge in [-0.3, -0.25) is 14.9 Å². The van der Waals surface area contributed by atoms with Gasteiger partial charge in [0.1, 0.15) is 5.69 Å². The number of aryl methyl sites for hydroxylation is 2. The third-order valence-corrected chi connectivity index (χ3v) is 4.78. The van der Waals surface area contributed by atoms with Gasteiger partial charge in [0.25, 0.3) is 5.56 Å². The van der Waals surface area contributed by atoms with Gasteiger partial charge in [0, 0.05) is 7.05 Å². The van der Waals surface area contributed by atoms with Crippen molar-refractivity contribution in [2.24, 2.45) is 12.1 Å². The molecule has 28 heavy (non-hydrogen) atoms. The first kappa shape index (κ1) is 19.6. The molecule has 144 valence electrons. The van der Waals surface area contributed by atoms with Crippen molar-refractivity contribution >= 4 is 29.2 Å². The van der Waals surface area contributed by atoms with Gasteiger partial charge in [-0.2, -0.15) is 5.10 Å². The maximum absolute atomic E-state index is 12.9. The fourth-order valence-electron chi connectivity index (χ4n) is 2.98. The number of nitrogens with one attached hydrogen (secondary N) is 2. The molecule has 2 aromatic carbocycles. The highest BCUT2D eigenvalue weighted by Gasteiger charge is 2.16. The average molecular weight is 394 g/mol. The van der Waals surface area contributed by atoms with Crippen molar-refractivity contribution in [3.63, 3.8) is 0 Å². The molecular weight excluding hydrogens is 370 g/mol. The third kappa shape index (κ3) is 4.04. The predicted molar refractivity (Wildman–Crippen MR) is 119 cm³/mol. The normalized spacial score (nSPS) is 11.0. The summed E-state index contributed by atoms with van der Waals surface area (Å²) in [6, 6.07) is 15.6. The molecule has 3 rings (SSSR count). The van der Waals surface area contributed by atoms with E-state index >= 15 is 0 Å². The highest BCUT2D eigenvalue weighted by atomic mass is 32.1. The Morgan fingerprint density at radius 1 is 1.11 bits per heavy atom. The first-order valence-corrected chi connectivity index (χ1v) is 9.30. The minimum atomic E-state index is -0.172. The van der Waals surface area contributed by atoms with E-state index in [4.69, 9.17) is 12.2 Å². The molecule has 7 heteroatoms. The van der Waals surface area contributed by atoms with E-state index in [0.717, 1.165) is 22.5 Å². The first-order chi connectivity index (χ1) is 13.4. The number of anilines is 1. The van der Waals surface area contributed by atoms with Crippen LogP contribution < -0.4 is 16.3 Å². The van der Waals surface area contributed by atoms with Crippen LogP contribution in [-0.2, 0) is 7.05 Å². The lowest BCUT2D eigenvalue weighted by Crippen LogP contribution is -2.28. The lowest BCUT2D eigenvalue weighted by atomic mass is 10.1. The lowest BCUT2D eigenvalue weighted by Gasteiger charge is -2.07. The Balaban J connectivity index is 1.76. The molecule has 0 unspecified atom stereocenters. The summed E-state index contributed by atoms with van der Waals surface area (Å²) < 4.78 is 3.39. The summed E-state index contributed by atoms with van der Waals surface area (Å²) in [5.41, 5.74) is 7.93. The Labute approximate surface area is 169 Å². The summed E-state index contributed by atoms with van der Waals surface area (Å²) in [6.07, 6.45) is 1.71. The summed E-state index contributed by atoms with van der Waals surface area (Å²) in [4.78, 5) is 12.9. The fourth-order valence-corrected chi connectivity index (χ4v) is 3.14. The summed E-state index contributed by atoms with van der Waals surface area (Å²) in [5.74, 6) is 0. The number of aromatic nitrogens is 2. The summed E-state index contributed by atoms with van der Waals surface area (Å²) in [5, 5.41) is 7.41. The molecule has 0 radical (unpaired) electrons. The van der Waals surface area contributed by atoms with Crippen molar-refractivity contribution in [1.82, 2.24) is 14.8 Å². The number of hydrogen-bond donors (Lipinski definition) is 2. The van der Waals surface area contributed by atoms with Gasteiger partial charge in [0.05, 0.1) is 17.6 Å². The van der Waals surface area contributed by atoms with Gasteiger partial charge >= 0.3 is 0 Å². The second kappa shape index (κ2) is 8.22. The second-order valence-corrected chi connectivity index (χ2v) is 7.03. The van der Waals surface area contributed by atoms with E-state index in [-0.39, 0.29) is 10.7 Å². The van der Waals surface area contributed by atoms with E-state index < -0.39 is 0 Å². The summed E-state index contributed by atoms with van der Waals surface area (Å²) in [7, 11) is 1.84. The third-order valence-electron chi connectivity index (χ3n) is 4.59. The van der Waals surface area contributed by atoms with Crippen molar-refractivity contribution in [3.8, 4) is 5.69 Å². The highest BCUT2D eigenvalue weighted by Crippen LogP contribution is 2.14. The number of para-hydroxylation sites is 1. The number of benzene rings is 2. The molecular formula is C21H23N5OS. The monoisotopic (exact) mass is 393 g/mol. The Morgan fingerprint density at radius 2 is 1.82 bits per heavy atom. The Hall–Kier alpha value is -3.19. The summed E-state index contributed by atoms with van der Waals surface area (Å²) in [6.45, 7) is 5.95. The van der Waals surface area contributed by atoms with Gasteiger partial charge in [-0.25, -0.2) is 4.68 Å². The number of nitrogens with zero attached hydrogens (tertiary/aromatic N) is 3. The van der Waals surface area contributed by atoms with Crippen molar-refractivity contribution < 1.29 is 0 Å². The minimum Gasteiger partial charge on any atom is -0.325 e. The topological polar surface area (TPSA) is 63.4 Å². The molecule has 1 aromatic heterocycles. The van der Waals surface area contributed by atoms with Gasteiger partial charge in [-0.1, -0.05) is 42.0 Å². The number of hydrogen-bond acceptors (Lipinski definition) is 3. The number of rotatable bonds is 4.